The van der Waals surface area contributed by atoms with Crippen molar-refractivity contribution in [3.63, 3.8) is 0 Å². The van der Waals surface area contributed by atoms with Crippen LogP contribution < -0.4 is 0 Å². The Balaban J connectivity index is 3.04. The standard InChI is InChI=1S/C10H9ClN2O2/c1-2-15-10(14)9(13-12)7-4-3-5-8(11)6-7/h3-6H,2H2,1H3. The molecule has 0 saturated heterocycles. The van der Waals surface area contributed by atoms with Gasteiger partial charge in [-0.3, -0.25) is 0 Å². The number of nitrogens with zero attached hydrogens (tertiary/aromatic N) is 2. The highest BCUT2D eigenvalue weighted by molar-refractivity contribution is 6.41. The molecule has 15 heavy (non-hydrogen) atoms. The average molecular weight is 225 g/mol. The molecular formula is C10H9ClN2O2. The molecule has 0 saturated carbocycles. The molecular weight excluding hydrogens is 216 g/mol. The van der Waals surface area contributed by atoms with E-state index in [1.165, 1.54) is 6.07 Å². The molecule has 0 aliphatic rings. The van der Waals surface area contributed by atoms with Crippen LogP contribution in [0.3, 0.4) is 0 Å². The molecule has 78 valence electrons. The van der Waals surface area contributed by atoms with Crippen LogP contribution in [0.1, 0.15) is 12.5 Å². The number of carbonyl (C=O) groups excluding carboxylic acids is 1. The molecule has 5 heteroatoms. The molecule has 0 N–H and O–H groups in total. The number of rotatable bonds is 3. The Labute approximate surface area is 92.1 Å². The first kappa shape index (κ1) is 11.4. The molecule has 1 aromatic carbocycles. The second-order valence-corrected chi connectivity index (χ2v) is 3.12. The minimum absolute atomic E-state index is 0.153. The predicted molar refractivity (Wildman–Crippen MR) is 55.8 cm³/mol. The molecule has 0 aliphatic carbocycles. The maximum Gasteiger partial charge on any atom is 0.422 e. The second kappa shape index (κ2) is 5.29. The van der Waals surface area contributed by atoms with Crippen molar-refractivity contribution in [2.45, 2.75) is 6.92 Å². The molecule has 0 atom stereocenters. The lowest BCUT2D eigenvalue weighted by molar-refractivity contribution is -0.139. The van der Waals surface area contributed by atoms with Crippen molar-refractivity contribution >= 4 is 23.3 Å². The molecule has 0 aromatic heterocycles. The van der Waals surface area contributed by atoms with Gasteiger partial charge in [0.15, 0.2) is 0 Å². The maximum absolute atomic E-state index is 11.3. The largest absolute Gasteiger partial charge is 0.457 e. The quantitative estimate of drug-likeness (QED) is 0.341. The summed E-state index contributed by atoms with van der Waals surface area (Å²) in [6, 6.07) is 6.44. The van der Waals surface area contributed by atoms with Crippen LogP contribution in [-0.4, -0.2) is 23.1 Å². The normalized spacial score (nSPS) is 9.20. The van der Waals surface area contributed by atoms with Crippen molar-refractivity contribution in [1.29, 1.82) is 0 Å². The third-order valence-corrected chi connectivity index (χ3v) is 1.90. The van der Waals surface area contributed by atoms with E-state index < -0.39 is 5.97 Å². The summed E-state index contributed by atoms with van der Waals surface area (Å²) >= 11 is 5.74. The Morgan fingerprint density at radius 2 is 2.33 bits per heavy atom. The van der Waals surface area contributed by atoms with E-state index in [9.17, 15) is 4.79 Å². The van der Waals surface area contributed by atoms with E-state index in [0.717, 1.165) is 0 Å². The highest BCUT2D eigenvalue weighted by Crippen LogP contribution is 2.11. The highest BCUT2D eigenvalue weighted by atomic mass is 35.5. The summed E-state index contributed by atoms with van der Waals surface area (Å²) in [5.74, 6) is -0.678. The second-order valence-electron chi connectivity index (χ2n) is 2.68. The van der Waals surface area contributed by atoms with Gasteiger partial charge in [0.2, 0.25) is 0 Å². The van der Waals surface area contributed by atoms with Gasteiger partial charge in [0, 0.05) is 5.02 Å². The summed E-state index contributed by atoms with van der Waals surface area (Å²) in [7, 11) is 0. The molecule has 0 aliphatic heterocycles. The maximum atomic E-state index is 11.3. The smallest absolute Gasteiger partial charge is 0.422 e. The van der Waals surface area contributed by atoms with E-state index in [1.54, 1.807) is 25.1 Å². The minimum Gasteiger partial charge on any atom is -0.457 e. The topological polar surface area (TPSA) is 62.7 Å². The van der Waals surface area contributed by atoms with Crippen molar-refractivity contribution in [3.05, 3.63) is 40.4 Å². The number of hydrogen-bond acceptors (Lipinski definition) is 2. The number of ether oxygens (including phenoxy) is 1. The Kier molecular flexibility index (Phi) is 4.03. The molecule has 0 bridgehead atoms. The third kappa shape index (κ3) is 2.91. The number of benzene rings is 1. The fraction of sp³-hybridized carbons (Fsp3) is 0.200. The van der Waals surface area contributed by atoms with Crippen LogP contribution in [-0.2, 0) is 9.53 Å². The van der Waals surface area contributed by atoms with Gasteiger partial charge in [-0.2, -0.15) is 4.79 Å². The molecule has 0 fully saturated rings. The van der Waals surface area contributed by atoms with Crippen molar-refractivity contribution < 1.29 is 14.3 Å². The van der Waals surface area contributed by atoms with Crippen LogP contribution in [0, 0.1) is 0 Å². The van der Waals surface area contributed by atoms with E-state index in [-0.39, 0.29) is 12.3 Å². The van der Waals surface area contributed by atoms with Crippen LogP contribution in [0.4, 0.5) is 0 Å². The van der Waals surface area contributed by atoms with Gasteiger partial charge in [-0.25, -0.2) is 4.79 Å². The summed E-state index contributed by atoms with van der Waals surface area (Å²) in [5, 5.41) is 0.456. The zero-order chi connectivity index (χ0) is 11.3. The first-order valence-corrected chi connectivity index (χ1v) is 4.72. The van der Waals surface area contributed by atoms with Gasteiger partial charge in [-0.15, -0.1) is 0 Å². The van der Waals surface area contributed by atoms with Crippen molar-refractivity contribution in [2.24, 2.45) is 0 Å². The zero-order valence-corrected chi connectivity index (χ0v) is 8.86. The SMILES string of the molecule is CCOC(=O)C(=[N+]=[N-])c1cccc(Cl)c1. The molecule has 1 aromatic rings. The van der Waals surface area contributed by atoms with Crippen molar-refractivity contribution in [3.8, 4) is 0 Å². The molecule has 1 rings (SSSR count). The Morgan fingerprint density at radius 1 is 1.60 bits per heavy atom. The van der Waals surface area contributed by atoms with Crippen LogP contribution >= 0.6 is 11.6 Å². The average Bonchev–Trinajstić information content (AvgIpc) is 2.19. The van der Waals surface area contributed by atoms with E-state index in [2.05, 4.69) is 4.79 Å². The van der Waals surface area contributed by atoms with Gasteiger partial charge in [-0.05, 0) is 25.1 Å². The highest BCUT2D eigenvalue weighted by Gasteiger charge is 2.24. The van der Waals surface area contributed by atoms with Gasteiger partial charge >= 0.3 is 11.7 Å². The Bertz CT molecular complexity index is 425. The third-order valence-electron chi connectivity index (χ3n) is 1.67. The minimum atomic E-state index is -0.678. The molecule has 4 nitrogen and oxygen atoms in total. The van der Waals surface area contributed by atoms with Gasteiger partial charge < -0.3 is 10.3 Å². The predicted octanol–water partition coefficient (Wildman–Crippen LogP) is 1.92. The first-order chi connectivity index (χ1) is 7.19. The molecule has 0 amide bonds. The van der Waals surface area contributed by atoms with Crippen LogP contribution in [0.15, 0.2) is 24.3 Å². The fourth-order valence-electron chi connectivity index (χ4n) is 1.05. The van der Waals surface area contributed by atoms with Gasteiger partial charge in [-0.1, -0.05) is 17.7 Å². The Morgan fingerprint density at radius 3 is 2.87 bits per heavy atom. The molecule has 0 unspecified atom stereocenters. The fourth-order valence-corrected chi connectivity index (χ4v) is 1.24. The molecule has 0 heterocycles. The van der Waals surface area contributed by atoms with Crippen LogP contribution in [0.25, 0.3) is 5.53 Å². The van der Waals surface area contributed by atoms with Gasteiger partial charge in [0.25, 0.3) is 0 Å². The lowest BCUT2D eigenvalue weighted by Crippen LogP contribution is -2.19. The molecule has 0 radical (unpaired) electrons. The summed E-state index contributed by atoms with van der Waals surface area (Å²) in [6.45, 7) is 1.89. The number of hydrogen-bond donors (Lipinski definition) is 0. The Hall–Kier alpha value is -1.64. The van der Waals surface area contributed by atoms with Crippen molar-refractivity contribution in [2.75, 3.05) is 6.61 Å². The monoisotopic (exact) mass is 224 g/mol. The summed E-state index contributed by atoms with van der Waals surface area (Å²) < 4.78 is 4.72. The van der Waals surface area contributed by atoms with E-state index in [1.807, 2.05) is 0 Å². The van der Waals surface area contributed by atoms with Crippen LogP contribution in [0.2, 0.25) is 5.02 Å². The number of esters is 1. The van der Waals surface area contributed by atoms with E-state index in [4.69, 9.17) is 21.9 Å². The van der Waals surface area contributed by atoms with Gasteiger partial charge in [0.1, 0.15) is 0 Å². The lowest BCUT2D eigenvalue weighted by atomic mass is 10.1. The number of carbonyl (C=O) groups is 1. The lowest BCUT2D eigenvalue weighted by Gasteiger charge is -1.97. The van der Waals surface area contributed by atoms with E-state index in [0.29, 0.717) is 10.6 Å². The zero-order valence-electron chi connectivity index (χ0n) is 8.11. The van der Waals surface area contributed by atoms with E-state index >= 15 is 0 Å². The summed E-state index contributed by atoms with van der Waals surface area (Å²) in [6.07, 6.45) is 0. The number of halogens is 1. The molecule has 0 spiro atoms. The summed E-state index contributed by atoms with van der Waals surface area (Å²) in [5.41, 5.74) is 8.98. The first-order valence-electron chi connectivity index (χ1n) is 4.34. The van der Waals surface area contributed by atoms with Crippen molar-refractivity contribution in [1.82, 2.24) is 0 Å². The van der Waals surface area contributed by atoms with Gasteiger partial charge in [0.05, 0.1) is 12.2 Å². The summed E-state index contributed by atoms with van der Waals surface area (Å²) in [4.78, 5) is 14.2. The van der Waals surface area contributed by atoms with Crippen LogP contribution in [0.5, 0.6) is 0 Å².